The zero-order valence-electron chi connectivity index (χ0n) is 22.0. The number of amides is 1. The molecule has 8 nitrogen and oxygen atoms in total. The molecule has 39 heavy (non-hydrogen) atoms. The van der Waals surface area contributed by atoms with Crippen molar-refractivity contribution in [2.75, 3.05) is 25.1 Å². The summed E-state index contributed by atoms with van der Waals surface area (Å²) in [6.45, 7) is 1.38. The number of anilines is 1. The van der Waals surface area contributed by atoms with Crippen LogP contribution in [-0.4, -0.2) is 41.3 Å². The number of aryl methyl sites for hydroxylation is 3. The third-order valence-electron chi connectivity index (χ3n) is 6.85. The van der Waals surface area contributed by atoms with Crippen molar-refractivity contribution in [2.45, 2.75) is 24.7 Å². The minimum atomic E-state index is -4.09. The summed E-state index contributed by atoms with van der Waals surface area (Å²) in [5.41, 5.74) is 7.17. The van der Waals surface area contributed by atoms with Crippen LogP contribution in [0.3, 0.4) is 0 Å². The summed E-state index contributed by atoms with van der Waals surface area (Å²) in [6, 6.07) is 21.4. The van der Waals surface area contributed by atoms with Gasteiger partial charge in [-0.2, -0.15) is 5.10 Å². The van der Waals surface area contributed by atoms with Gasteiger partial charge in [0.1, 0.15) is 6.54 Å². The highest BCUT2D eigenvalue weighted by Crippen LogP contribution is 2.34. The maximum atomic E-state index is 13.7. The number of rotatable bonds is 9. The normalized spacial score (nSPS) is 12.6. The molecular formula is C30H29N3O5S. The van der Waals surface area contributed by atoms with Gasteiger partial charge < -0.3 is 9.47 Å². The van der Waals surface area contributed by atoms with E-state index in [1.165, 1.54) is 48.9 Å². The molecule has 1 aliphatic carbocycles. The number of hydrogen-bond acceptors (Lipinski definition) is 6. The van der Waals surface area contributed by atoms with Crippen molar-refractivity contribution >= 4 is 38.6 Å². The predicted octanol–water partition coefficient (Wildman–Crippen LogP) is 4.61. The zero-order chi connectivity index (χ0) is 27.6. The van der Waals surface area contributed by atoms with Gasteiger partial charge in [-0.25, -0.2) is 13.8 Å². The maximum absolute atomic E-state index is 13.7. The lowest BCUT2D eigenvalue weighted by Crippen LogP contribution is -2.39. The number of hydrazone groups is 1. The zero-order valence-corrected chi connectivity index (χ0v) is 22.8. The number of benzene rings is 4. The van der Waals surface area contributed by atoms with E-state index < -0.39 is 22.5 Å². The molecule has 0 radical (unpaired) electrons. The summed E-state index contributed by atoms with van der Waals surface area (Å²) >= 11 is 0. The van der Waals surface area contributed by atoms with E-state index in [0.717, 1.165) is 33.7 Å². The van der Waals surface area contributed by atoms with E-state index in [0.29, 0.717) is 11.5 Å². The van der Waals surface area contributed by atoms with Gasteiger partial charge in [0.25, 0.3) is 15.9 Å². The van der Waals surface area contributed by atoms with Crippen molar-refractivity contribution in [2.24, 2.45) is 5.10 Å². The van der Waals surface area contributed by atoms with E-state index >= 15 is 0 Å². The lowest BCUT2D eigenvalue weighted by molar-refractivity contribution is -0.119. The number of nitrogens with one attached hydrogen (secondary N) is 1. The quantitative estimate of drug-likeness (QED) is 0.246. The van der Waals surface area contributed by atoms with E-state index in [4.69, 9.17) is 9.47 Å². The molecule has 1 N–H and O–H groups in total. The lowest BCUT2D eigenvalue weighted by Gasteiger charge is -2.24. The van der Waals surface area contributed by atoms with Crippen LogP contribution in [0.2, 0.25) is 0 Å². The van der Waals surface area contributed by atoms with Crippen LogP contribution in [0.25, 0.3) is 10.8 Å². The lowest BCUT2D eigenvalue weighted by atomic mass is 10.0. The van der Waals surface area contributed by atoms with Crippen molar-refractivity contribution in [3.05, 3.63) is 95.1 Å². The van der Waals surface area contributed by atoms with Crippen molar-refractivity contribution in [3.8, 4) is 11.5 Å². The molecule has 9 heteroatoms. The maximum Gasteiger partial charge on any atom is 0.264 e. The topological polar surface area (TPSA) is 97.3 Å². The molecule has 1 amide bonds. The Labute approximate surface area is 227 Å². The minimum absolute atomic E-state index is 0.0621. The fourth-order valence-electron chi connectivity index (χ4n) is 4.85. The molecule has 5 rings (SSSR count). The van der Waals surface area contributed by atoms with Crippen LogP contribution in [0, 0.1) is 6.92 Å². The van der Waals surface area contributed by atoms with Gasteiger partial charge in [-0.05, 0) is 65.9 Å². The predicted molar refractivity (Wildman–Crippen MR) is 152 cm³/mol. The third-order valence-corrected chi connectivity index (χ3v) is 8.64. The molecular weight excluding hydrogens is 514 g/mol. The Balaban J connectivity index is 1.42. The fraction of sp³-hybridized carbons (Fsp3) is 0.200. The summed E-state index contributed by atoms with van der Waals surface area (Å²) in [4.78, 5) is 13.1. The number of methoxy groups -OCH3 is 2. The van der Waals surface area contributed by atoms with Crippen LogP contribution in [0.15, 0.2) is 82.8 Å². The molecule has 0 aromatic heterocycles. The molecule has 0 saturated heterocycles. The Morgan fingerprint density at radius 3 is 2.38 bits per heavy atom. The molecule has 1 aliphatic rings. The van der Waals surface area contributed by atoms with Crippen LogP contribution in [0.1, 0.15) is 22.3 Å². The average molecular weight is 544 g/mol. The Morgan fingerprint density at radius 1 is 0.949 bits per heavy atom. The number of sulfonamides is 1. The largest absolute Gasteiger partial charge is 0.493 e. The number of hydrogen-bond donors (Lipinski definition) is 1. The first-order chi connectivity index (χ1) is 18.8. The Kier molecular flexibility index (Phi) is 7.26. The summed E-state index contributed by atoms with van der Waals surface area (Å²) < 4.78 is 39.0. The first-order valence-corrected chi connectivity index (χ1v) is 13.9. The summed E-state index contributed by atoms with van der Waals surface area (Å²) in [5, 5.41) is 6.48. The van der Waals surface area contributed by atoms with E-state index in [1.54, 1.807) is 30.5 Å². The highest BCUT2D eigenvalue weighted by Gasteiger charge is 2.28. The SMILES string of the molecule is COc1ccc(N(CC(=O)N/N=C/c2ccc3c4c(cccc24)CC3)S(=O)(=O)c2ccc(C)cc2)cc1OC. The molecule has 4 aromatic rings. The Bertz CT molecular complexity index is 1670. The smallest absolute Gasteiger partial charge is 0.264 e. The van der Waals surface area contributed by atoms with E-state index in [2.05, 4.69) is 22.7 Å². The van der Waals surface area contributed by atoms with Crippen LogP contribution in [0.4, 0.5) is 5.69 Å². The molecule has 0 fully saturated rings. The van der Waals surface area contributed by atoms with E-state index in [-0.39, 0.29) is 10.6 Å². The molecule has 0 saturated carbocycles. The highest BCUT2D eigenvalue weighted by molar-refractivity contribution is 7.92. The van der Waals surface area contributed by atoms with Crippen LogP contribution in [-0.2, 0) is 27.7 Å². The van der Waals surface area contributed by atoms with Crippen molar-refractivity contribution in [1.29, 1.82) is 0 Å². The van der Waals surface area contributed by atoms with E-state index in [1.807, 2.05) is 25.1 Å². The number of ether oxygens (including phenoxy) is 2. The molecule has 0 bridgehead atoms. The van der Waals surface area contributed by atoms with Gasteiger partial charge in [-0.15, -0.1) is 0 Å². The monoisotopic (exact) mass is 543 g/mol. The molecule has 200 valence electrons. The third kappa shape index (κ3) is 5.18. The van der Waals surface area contributed by atoms with Crippen molar-refractivity contribution in [1.82, 2.24) is 5.43 Å². The van der Waals surface area contributed by atoms with Gasteiger partial charge in [0, 0.05) is 11.6 Å². The molecule has 0 spiro atoms. The number of carbonyl (C=O) groups is 1. The van der Waals surface area contributed by atoms with E-state index in [9.17, 15) is 13.2 Å². The second kappa shape index (κ2) is 10.8. The standard InChI is InChI=1S/C30H29N3O5S/c1-20-7-14-25(15-8-20)39(35,36)33(24-13-16-27(37-2)28(17-24)38-3)19-29(34)32-31-18-23-12-11-22-10-9-21-5-4-6-26(23)30(21)22/h4-8,11-18H,9-10,19H2,1-3H3,(H,32,34)/b31-18+. The molecule has 4 aromatic carbocycles. The van der Waals surface area contributed by atoms with Crippen LogP contribution < -0.4 is 19.2 Å². The van der Waals surface area contributed by atoms with Gasteiger partial charge in [-0.3, -0.25) is 9.10 Å². The average Bonchev–Trinajstić information content (AvgIpc) is 3.37. The molecule has 0 atom stereocenters. The van der Waals surface area contributed by atoms with Gasteiger partial charge >= 0.3 is 0 Å². The van der Waals surface area contributed by atoms with Gasteiger partial charge in [0.15, 0.2) is 11.5 Å². The van der Waals surface area contributed by atoms with Crippen LogP contribution in [0.5, 0.6) is 11.5 Å². The van der Waals surface area contributed by atoms with Crippen molar-refractivity contribution < 1.29 is 22.7 Å². The fourth-order valence-corrected chi connectivity index (χ4v) is 6.27. The highest BCUT2D eigenvalue weighted by atomic mass is 32.2. The Morgan fingerprint density at radius 2 is 1.67 bits per heavy atom. The first-order valence-electron chi connectivity index (χ1n) is 12.5. The minimum Gasteiger partial charge on any atom is -0.493 e. The van der Waals surface area contributed by atoms with Crippen LogP contribution >= 0.6 is 0 Å². The Hall–Kier alpha value is -4.37. The van der Waals surface area contributed by atoms with Gasteiger partial charge in [0.2, 0.25) is 0 Å². The first kappa shape index (κ1) is 26.2. The summed E-state index contributed by atoms with van der Waals surface area (Å²) in [5.74, 6) is 0.181. The van der Waals surface area contributed by atoms with Crippen molar-refractivity contribution in [3.63, 3.8) is 0 Å². The molecule has 0 aliphatic heterocycles. The summed E-state index contributed by atoms with van der Waals surface area (Å²) in [7, 11) is -1.14. The number of carbonyl (C=O) groups excluding carboxylic acids is 1. The van der Waals surface area contributed by atoms with Gasteiger partial charge in [-0.1, -0.05) is 48.0 Å². The number of nitrogens with zero attached hydrogens (tertiary/aromatic N) is 2. The summed E-state index contributed by atoms with van der Waals surface area (Å²) in [6.07, 6.45) is 3.63. The van der Waals surface area contributed by atoms with Gasteiger partial charge in [0.05, 0.1) is 31.0 Å². The molecule has 0 unspecified atom stereocenters. The second-order valence-corrected chi connectivity index (χ2v) is 11.2. The molecule has 0 heterocycles. The second-order valence-electron chi connectivity index (χ2n) is 9.31.